The summed E-state index contributed by atoms with van der Waals surface area (Å²) in [5.74, 6) is -0.628. The van der Waals surface area contributed by atoms with Crippen LogP contribution in [0.5, 0.6) is 5.75 Å². The van der Waals surface area contributed by atoms with Gasteiger partial charge in [0.15, 0.2) is 6.10 Å². The molecule has 2 N–H and O–H groups in total. The quantitative estimate of drug-likeness (QED) is 0.701. The van der Waals surface area contributed by atoms with Crippen LogP contribution in [0, 0.1) is 0 Å². The van der Waals surface area contributed by atoms with Crippen LogP contribution in [0.3, 0.4) is 0 Å². The normalized spacial score (nSPS) is 14.0. The second kappa shape index (κ2) is 9.57. The highest BCUT2D eigenvalue weighted by atomic mass is 16.5. The molecule has 0 radical (unpaired) electrons. The monoisotopic (exact) mass is 365 g/mol. The van der Waals surface area contributed by atoms with Crippen molar-refractivity contribution in [2.75, 3.05) is 6.61 Å². The molecule has 0 aromatic heterocycles. The Kier molecular flexibility index (Phi) is 8.08. The first-order chi connectivity index (χ1) is 12.0. The third-order valence-corrected chi connectivity index (χ3v) is 3.76. The summed E-state index contributed by atoms with van der Waals surface area (Å²) >= 11 is 0. The number of hydrogen-bond donors (Lipinski definition) is 2. The Bertz CT molecular complexity index is 606. The number of carboxylic acids is 1. The Morgan fingerprint density at radius 1 is 1.19 bits per heavy atom. The number of carbonyl (C=O) groups is 2. The van der Waals surface area contributed by atoms with Crippen LogP contribution in [0.25, 0.3) is 0 Å². The van der Waals surface area contributed by atoms with Crippen molar-refractivity contribution < 1.29 is 24.2 Å². The maximum absolute atomic E-state index is 12.3. The molecule has 146 valence electrons. The average Bonchev–Trinajstić information content (AvgIpc) is 2.52. The third-order valence-electron chi connectivity index (χ3n) is 3.76. The van der Waals surface area contributed by atoms with Crippen LogP contribution in [-0.4, -0.2) is 41.3 Å². The van der Waals surface area contributed by atoms with Gasteiger partial charge in [0.2, 0.25) is 0 Å². The van der Waals surface area contributed by atoms with Gasteiger partial charge in [0.25, 0.3) is 5.91 Å². The number of carboxylic acid groups (broad SMARTS) is 1. The third kappa shape index (κ3) is 7.87. The Morgan fingerprint density at radius 2 is 1.85 bits per heavy atom. The van der Waals surface area contributed by atoms with E-state index in [9.17, 15) is 14.7 Å². The zero-order valence-corrected chi connectivity index (χ0v) is 16.5. The van der Waals surface area contributed by atoms with Gasteiger partial charge in [0, 0.05) is 13.0 Å². The fraction of sp³-hybridized carbons (Fsp3) is 0.600. The number of carbonyl (C=O) groups excluding carboxylic acids is 1. The largest absolute Gasteiger partial charge is 0.481 e. The summed E-state index contributed by atoms with van der Waals surface area (Å²) in [6, 6.07) is 6.52. The van der Waals surface area contributed by atoms with Crippen LogP contribution < -0.4 is 10.1 Å². The van der Waals surface area contributed by atoms with Gasteiger partial charge in [-0.05, 0) is 51.3 Å². The van der Waals surface area contributed by atoms with Gasteiger partial charge in [-0.3, -0.25) is 4.79 Å². The molecule has 0 saturated heterocycles. The lowest BCUT2D eigenvalue weighted by atomic mass is 10.0. The van der Waals surface area contributed by atoms with E-state index in [-0.39, 0.29) is 18.6 Å². The summed E-state index contributed by atoms with van der Waals surface area (Å²) in [5.41, 5.74) is 0.753. The van der Waals surface area contributed by atoms with E-state index in [4.69, 9.17) is 9.47 Å². The van der Waals surface area contributed by atoms with E-state index in [0.717, 1.165) is 5.56 Å². The highest BCUT2D eigenvalue weighted by molar-refractivity contribution is 5.86. The molecule has 6 nitrogen and oxygen atoms in total. The first kappa shape index (κ1) is 22.0. The minimum Gasteiger partial charge on any atom is -0.481 e. The molecule has 1 amide bonds. The zero-order valence-electron chi connectivity index (χ0n) is 16.5. The Hall–Kier alpha value is -2.08. The van der Waals surface area contributed by atoms with Gasteiger partial charge in [-0.25, -0.2) is 4.79 Å². The topological polar surface area (TPSA) is 84.9 Å². The smallest absolute Gasteiger partial charge is 0.326 e. The number of rotatable bonds is 9. The Balaban J connectivity index is 2.62. The molecule has 6 heteroatoms. The maximum Gasteiger partial charge on any atom is 0.326 e. The molecule has 0 saturated carbocycles. The first-order valence-electron chi connectivity index (χ1n) is 8.93. The fourth-order valence-electron chi connectivity index (χ4n) is 2.23. The van der Waals surface area contributed by atoms with Crippen molar-refractivity contribution in [3.63, 3.8) is 0 Å². The number of nitrogens with one attached hydrogen (secondary N) is 1. The average molecular weight is 365 g/mol. The molecule has 1 aromatic rings. The van der Waals surface area contributed by atoms with Crippen LogP contribution in [0.4, 0.5) is 0 Å². The van der Waals surface area contributed by atoms with Crippen molar-refractivity contribution >= 4 is 11.9 Å². The van der Waals surface area contributed by atoms with Gasteiger partial charge in [-0.2, -0.15) is 0 Å². The standard InChI is InChI=1S/C20H31NO5/c1-13(2)15-8-7-9-16(12-15)26-14(3)18(22)21-17(19(23)24)10-11-25-20(4,5)6/h7-9,12-14,17H,10-11H2,1-6H3,(H,21,22)(H,23,24). The van der Waals surface area contributed by atoms with Gasteiger partial charge < -0.3 is 19.9 Å². The second-order valence-corrected chi connectivity index (χ2v) is 7.64. The van der Waals surface area contributed by atoms with Gasteiger partial charge in [-0.15, -0.1) is 0 Å². The van der Waals surface area contributed by atoms with Crippen LogP contribution in [0.2, 0.25) is 0 Å². The summed E-state index contributed by atoms with van der Waals surface area (Å²) in [6.07, 6.45) is -0.615. The van der Waals surface area contributed by atoms with E-state index < -0.39 is 24.0 Å². The zero-order chi connectivity index (χ0) is 19.9. The molecule has 0 spiro atoms. The summed E-state index contributed by atoms with van der Waals surface area (Å²) in [4.78, 5) is 23.7. The van der Waals surface area contributed by atoms with Crippen LogP contribution in [0.15, 0.2) is 24.3 Å². The van der Waals surface area contributed by atoms with E-state index in [0.29, 0.717) is 11.7 Å². The highest BCUT2D eigenvalue weighted by Gasteiger charge is 2.24. The Morgan fingerprint density at radius 3 is 2.38 bits per heavy atom. The van der Waals surface area contributed by atoms with Crippen molar-refractivity contribution in [1.82, 2.24) is 5.32 Å². The van der Waals surface area contributed by atoms with Crippen molar-refractivity contribution in [3.8, 4) is 5.75 Å². The van der Waals surface area contributed by atoms with Crippen molar-refractivity contribution in [2.45, 2.75) is 71.6 Å². The van der Waals surface area contributed by atoms with Crippen LogP contribution in [0.1, 0.15) is 59.4 Å². The van der Waals surface area contributed by atoms with E-state index in [1.807, 2.05) is 39.0 Å². The van der Waals surface area contributed by atoms with E-state index in [1.165, 1.54) is 0 Å². The van der Waals surface area contributed by atoms with Crippen molar-refractivity contribution in [1.29, 1.82) is 0 Å². The van der Waals surface area contributed by atoms with Crippen molar-refractivity contribution in [2.24, 2.45) is 0 Å². The minimum atomic E-state index is -1.09. The number of hydrogen-bond acceptors (Lipinski definition) is 4. The molecule has 1 rings (SSSR count). The van der Waals surface area contributed by atoms with Crippen molar-refractivity contribution in [3.05, 3.63) is 29.8 Å². The molecule has 0 bridgehead atoms. The SMILES string of the molecule is CC(Oc1cccc(C(C)C)c1)C(=O)NC(CCOC(C)(C)C)C(=O)O. The number of benzene rings is 1. The molecule has 2 unspecified atom stereocenters. The second-order valence-electron chi connectivity index (χ2n) is 7.64. The van der Waals surface area contributed by atoms with E-state index in [1.54, 1.807) is 13.0 Å². The molecule has 0 fully saturated rings. The lowest BCUT2D eigenvalue weighted by Crippen LogP contribution is -2.47. The van der Waals surface area contributed by atoms with Gasteiger partial charge in [0.05, 0.1) is 5.60 Å². The van der Waals surface area contributed by atoms with E-state index in [2.05, 4.69) is 19.2 Å². The molecule has 26 heavy (non-hydrogen) atoms. The number of amides is 1. The minimum absolute atomic E-state index is 0.188. The van der Waals surface area contributed by atoms with Gasteiger partial charge in [-0.1, -0.05) is 26.0 Å². The molecular formula is C20H31NO5. The highest BCUT2D eigenvalue weighted by Crippen LogP contribution is 2.21. The predicted octanol–water partition coefficient (Wildman–Crippen LogP) is 3.35. The molecule has 0 aliphatic carbocycles. The molecule has 0 aliphatic rings. The summed E-state index contributed by atoms with van der Waals surface area (Å²) in [5, 5.41) is 11.8. The lowest BCUT2D eigenvalue weighted by Gasteiger charge is -2.22. The van der Waals surface area contributed by atoms with Crippen LogP contribution >= 0.6 is 0 Å². The van der Waals surface area contributed by atoms with Gasteiger partial charge >= 0.3 is 5.97 Å². The molecule has 0 heterocycles. The molecule has 1 aromatic carbocycles. The van der Waals surface area contributed by atoms with Gasteiger partial charge in [0.1, 0.15) is 11.8 Å². The fourth-order valence-corrected chi connectivity index (χ4v) is 2.23. The molecule has 0 aliphatic heterocycles. The summed E-state index contributed by atoms with van der Waals surface area (Å²) < 4.78 is 11.2. The summed E-state index contributed by atoms with van der Waals surface area (Å²) in [7, 11) is 0. The first-order valence-corrected chi connectivity index (χ1v) is 8.93. The number of aliphatic carboxylic acids is 1. The molecule has 2 atom stereocenters. The number of ether oxygens (including phenoxy) is 2. The van der Waals surface area contributed by atoms with E-state index >= 15 is 0 Å². The summed E-state index contributed by atoms with van der Waals surface area (Å²) in [6.45, 7) is 11.7. The lowest BCUT2D eigenvalue weighted by molar-refractivity contribution is -0.143. The molecular weight excluding hydrogens is 334 g/mol. The van der Waals surface area contributed by atoms with Crippen LogP contribution in [-0.2, 0) is 14.3 Å². The predicted molar refractivity (Wildman–Crippen MR) is 101 cm³/mol. The Labute approximate surface area is 155 Å². The maximum atomic E-state index is 12.3.